The summed E-state index contributed by atoms with van der Waals surface area (Å²) in [5.41, 5.74) is 2.98. The van der Waals surface area contributed by atoms with Crippen LogP contribution in [0.25, 0.3) is 0 Å². The number of benzene rings is 1. The predicted molar refractivity (Wildman–Crippen MR) is 90.1 cm³/mol. The molecule has 1 atom stereocenters. The first-order valence-corrected chi connectivity index (χ1v) is 8.08. The average molecular weight is 339 g/mol. The van der Waals surface area contributed by atoms with E-state index in [1.165, 1.54) is 5.01 Å². The molecule has 0 radical (unpaired) electrons. The van der Waals surface area contributed by atoms with Gasteiger partial charge in [0.05, 0.1) is 11.9 Å². The first-order valence-electron chi connectivity index (χ1n) is 8.08. The molecule has 1 aromatic heterocycles. The van der Waals surface area contributed by atoms with Gasteiger partial charge in [-0.1, -0.05) is 18.2 Å². The number of rotatable bonds is 3. The van der Waals surface area contributed by atoms with Crippen LogP contribution in [0.1, 0.15) is 17.7 Å². The molecular weight excluding hydrogens is 322 g/mol. The minimum Gasteiger partial charge on any atom is -0.480 e. The Bertz CT molecular complexity index is 845. The third-order valence-corrected chi connectivity index (χ3v) is 4.55. The number of aromatic nitrogens is 2. The summed E-state index contributed by atoms with van der Waals surface area (Å²) in [6, 6.07) is 8.18. The second kappa shape index (κ2) is 6.04. The number of anilines is 1. The molecule has 0 saturated heterocycles. The number of aliphatic carboxylic acids is 1. The lowest BCUT2D eigenvalue weighted by atomic mass is 10.1. The number of carboxylic acid groups (broad SMARTS) is 1. The summed E-state index contributed by atoms with van der Waals surface area (Å²) in [4.78, 5) is 26.1. The van der Waals surface area contributed by atoms with Gasteiger partial charge < -0.3 is 10.0 Å². The number of hydrazone groups is 1. The summed E-state index contributed by atoms with van der Waals surface area (Å²) in [6.07, 6.45) is 2.53. The number of fused-ring (bicyclic) bond motifs is 1. The zero-order valence-electron chi connectivity index (χ0n) is 13.4. The first kappa shape index (κ1) is 15.4. The molecule has 0 spiro atoms. The fourth-order valence-corrected chi connectivity index (χ4v) is 3.23. The molecule has 3 heterocycles. The number of carboxylic acids is 1. The van der Waals surface area contributed by atoms with Crippen molar-refractivity contribution in [1.82, 2.24) is 15.1 Å². The van der Waals surface area contributed by atoms with Gasteiger partial charge in [0, 0.05) is 37.2 Å². The summed E-state index contributed by atoms with van der Waals surface area (Å²) in [5.74, 6) is -1.21. The standard InChI is InChI=1S/C17H17N5O3/c23-16(21-7-6-13-11(10-21)9-18-19-13)14-8-15(17(24)25)22(20-14)12-4-2-1-3-5-12/h1-5,9,15H,6-8,10H2,(H,18,19)(H,24,25). The van der Waals surface area contributed by atoms with Crippen LogP contribution in [0.5, 0.6) is 0 Å². The zero-order valence-corrected chi connectivity index (χ0v) is 13.4. The van der Waals surface area contributed by atoms with Gasteiger partial charge in [-0.3, -0.25) is 14.9 Å². The highest BCUT2D eigenvalue weighted by atomic mass is 16.4. The topological polar surface area (TPSA) is 102 Å². The Morgan fingerprint density at radius 2 is 2.04 bits per heavy atom. The number of hydrogen-bond donors (Lipinski definition) is 2. The minimum atomic E-state index is -0.994. The summed E-state index contributed by atoms with van der Waals surface area (Å²) in [6.45, 7) is 1.03. The normalized spacial score (nSPS) is 19.5. The van der Waals surface area contributed by atoms with Gasteiger partial charge in [0.1, 0.15) is 5.71 Å². The van der Waals surface area contributed by atoms with Crippen LogP contribution in [0.15, 0.2) is 41.6 Å². The molecule has 128 valence electrons. The molecule has 25 heavy (non-hydrogen) atoms. The molecule has 2 aromatic rings. The van der Waals surface area contributed by atoms with Crippen molar-refractivity contribution in [3.05, 3.63) is 47.8 Å². The molecule has 0 fully saturated rings. The van der Waals surface area contributed by atoms with E-state index in [-0.39, 0.29) is 18.0 Å². The van der Waals surface area contributed by atoms with E-state index in [4.69, 9.17) is 0 Å². The van der Waals surface area contributed by atoms with E-state index in [0.29, 0.717) is 25.2 Å². The fourth-order valence-electron chi connectivity index (χ4n) is 3.23. The van der Waals surface area contributed by atoms with Crippen LogP contribution >= 0.6 is 0 Å². The number of hydrogen-bond acceptors (Lipinski definition) is 5. The van der Waals surface area contributed by atoms with Gasteiger partial charge in [0.25, 0.3) is 5.91 Å². The van der Waals surface area contributed by atoms with Crippen molar-refractivity contribution in [2.24, 2.45) is 5.10 Å². The zero-order chi connectivity index (χ0) is 17.4. The molecule has 2 N–H and O–H groups in total. The highest BCUT2D eigenvalue weighted by molar-refractivity contribution is 6.40. The molecule has 0 aliphatic carbocycles. The lowest BCUT2D eigenvalue weighted by Crippen LogP contribution is -2.40. The molecule has 1 unspecified atom stereocenters. The molecule has 0 bridgehead atoms. The molecular formula is C17H17N5O3. The monoisotopic (exact) mass is 339 g/mol. The second-order valence-electron chi connectivity index (χ2n) is 6.14. The van der Waals surface area contributed by atoms with Crippen molar-refractivity contribution in [1.29, 1.82) is 0 Å². The van der Waals surface area contributed by atoms with Crippen LogP contribution in [0.4, 0.5) is 5.69 Å². The van der Waals surface area contributed by atoms with Crippen molar-refractivity contribution >= 4 is 23.3 Å². The van der Waals surface area contributed by atoms with E-state index >= 15 is 0 Å². The van der Waals surface area contributed by atoms with Crippen molar-refractivity contribution in [2.45, 2.75) is 25.4 Å². The highest BCUT2D eigenvalue weighted by Gasteiger charge is 2.38. The van der Waals surface area contributed by atoms with Gasteiger partial charge in [-0.15, -0.1) is 0 Å². The van der Waals surface area contributed by atoms with E-state index in [2.05, 4.69) is 15.3 Å². The Balaban J connectivity index is 1.58. The van der Waals surface area contributed by atoms with Crippen LogP contribution in [0.3, 0.4) is 0 Å². The summed E-state index contributed by atoms with van der Waals surface area (Å²) in [7, 11) is 0. The maximum Gasteiger partial charge on any atom is 0.328 e. The fraction of sp³-hybridized carbons (Fsp3) is 0.294. The summed E-state index contributed by atoms with van der Waals surface area (Å²) < 4.78 is 0. The molecule has 0 saturated carbocycles. The Morgan fingerprint density at radius 3 is 2.80 bits per heavy atom. The smallest absolute Gasteiger partial charge is 0.328 e. The lowest BCUT2D eigenvalue weighted by Gasteiger charge is -2.26. The van der Waals surface area contributed by atoms with Gasteiger partial charge in [0.2, 0.25) is 0 Å². The summed E-state index contributed by atoms with van der Waals surface area (Å²) in [5, 5.41) is 22.2. The van der Waals surface area contributed by atoms with E-state index < -0.39 is 12.0 Å². The minimum absolute atomic E-state index is 0.0950. The van der Waals surface area contributed by atoms with E-state index in [0.717, 1.165) is 11.3 Å². The highest BCUT2D eigenvalue weighted by Crippen LogP contribution is 2.26. The van der Waals surface area contributed by atoms with Gasteiger partial charge in [-0.05, 0) is 12.1 Å². The van der Waals surface area contributed by atoms with Crippen LogP contribution in [0.2, 0.25) is 0 Å². The Labute approximate surface area is 143 Å². The number of carbonyl (C=O) groups is 2. The molecule has 8 nitrogen and oxygen atoms in total. The van der Waals surface area contributed by atoms with E-state index in [1.807, 2.05) is 18.2 Å². The number of nitrogens with zero attached hydrogens (tertiary/aromatic N) is 4. The maximum atomic E-state index is 12.8. The first-order chi connectivity index (χ1) is 12.1. The Hall–Kier alpha value is -3.16. The number of aromatic amines is 1. The van der Waals surface area contributed by atoms with Crippen molar-refractivity contribution < 1.29 is 14.7 Å². The van der Waals surface area contributed by atoms with Gasteiger partial charge in [0.15, 0.2) is 6.04 Å². The van der Waals surface area contributed by atoms with Crippen LogP contribution < -0.4 is 5.01 Å². The van der Waals surface area contributed by atoms with Crippen LogP contribution in [0, 0.1) is 0 Å². The Morgan fingerprint density at radius 1 is 1.24 bits per heavy atom. The van der Waals surface area contributed by atoms with E-state index in [1.54, 1.807) is 23.2 Å². The molecule has 4 rings (SSSR count). The number of carbonyl (C=O) groups excluding carboxylic acids is 1. The van der Waals surface area contributed by atoms with E-state index in [9.17, 15) is 14.7 Å². The number of amides is 1. The quantitative estimate of drug-likeness (QED) is 0.869. The number of para-hydroxylation sites is 1. The van der Waals surface area contributed by atoms with Gasteiger partial charge >= 0.3 is 5.97 Å². The predicted octanol–water partition coefficient (Wildman–Crippen LogP) is 1.01. The maximum absolute atomic E-state index is 12.8. The number of nitrogens with one attached hydrogen (secondary N) is 1. The van der Waals surface area contributed by atoms with Crippen LogP contribution in [-0.2, 0) is 22.6 Å². The van der Waals surface area contributed by atoms with Gasteiger partial charge in [-0.25, -0.2) is 4.79 Å². The molecule has 1 aromatic carbocycles. The van der Waals surface area contributed by atoms with Gasteiger partial charge in [-0.2, -0.15) is 10.2 Å². The Kier molecular flexibility index (Phi) is 3.72. The molecule has 2 aliphatic heterocycles. The number of H-pyrrole nitrogens is 1. The third kappa shape index (κ3) is 2.75. The third-order valence-electron chi connectivity index (χ3n) is 4.55. The molecule has 1 amide bonds. The largest absolute Gasteiger partial charge is 0.480 e. The lowest BCUT2D eigenvalue weighted by molar-refractivity contribution is -0.138. The van der Waals surface area contributed by atoms with Crippen molar-refractivity contribution in [3.8, 4) is 0 Å². The van der Waals surface area contributed by atoms with Crippen LogP contribution in [-0.4, -0.2) is 50.4 Å². The average Bonchev–Trinajstić information content (AvgIpc) is 3.28. The SMILES string of the molecule is O=C(O)C1CC(C(=O)N2CCc3[nH]ncc3C2)=NN1c1ccccc1. The molecule has 8 heteroatoms. The summed E-state index contributed by atoms with van der Waals surface area (Å²) >= 11 is 0. The second-order valence-corrected chi connectivity index (χ2v) is 6.14. The van der Waals surface area contributed by atoms with Crippen molar-refractivity contribution in [2.75, 3.05) is 11.6 Å². The molecule has 2 aliphatic rings. The van der Waals surface area contributed by atoms with Crippen molar-refractivity contribution in [3.63, 3.8) is 0 Å².